The van der Waals surface area contributed by atoms with Crippen molar-refractivity contribution in [1.82, 2.24) is 20.4 Å². The highest BCUT2D eigenvalue weighted by molar-refractivity contribution is 5.94. The number of fused-ring (bicyclic) bond motifs is 1. The van der Waals surface area contributed by atoms with Gasteiger partial charge in [-0.05, 0) is 38.5 Å². The number of hydrogen-bond donors (Lipinski definition) is 2. The fourth-order valence-electron chi connectivity index (χ4n) is 3.89. The molecule has 0 spiro atoms. The molecule has 2 amide bonds. The van der Waals surface area contributed by atoms with Gasteiger partial charge in [-0.25, -0.2) is 0 Å². The molecule has 132 valence electrons. The van der Waals surface area contributed by atoms with Crippen molar-refractivity contribution in [3.63, 3.8) is 0 Å². The van der Waals surface area contributed by atoms with E-state index in [0.29, 0.717) is 24.7 Å². The molecule has 2 aliphatic carbocycles. The summed E-state index contributed by atoms with van der Waals surface area (Å²) < 4.78 is 1.69. The second-order valence-electron chi connectivity index (χ2n) is 7.01. The van der Waals surface area contributed by atoms with Crippen molar-refractivity contribution < 1.29 is 9.59 Å². The number of aryl methyl sites for hydroxylation is 2. The van der Waals surface area contributed by atoms with E-state index >= 15 is 0 Å². The number of nitrogens with one attached hydrogen (secondary N) is 2. The van der Waals surface area contributed by atoms with Crippen molar-refractivity contribution in [2.24, 2.45) is 7.05 Å². The Hall–Kier alpha value is -1.85. The third-order valence-corrected chi connectivity index (χ3v) is 5.14. The molecule has 6 nitrogen and oxygen atoms in total. The molecule has 6 heteroatoms. The fraction of sp³-hybridized carbons (Fsp3) is 0.722. The number of amides is 2. The lowest BCUT2D eigenvalue weighted by molar-refractivity contribution is -0.121. The maximum absolute atomic E-state index is 12.5. The Morgan fingerprint density at radius 2 is 1.88 bits per heavy atom. The Morgan fingerprint density at radius 3 is 2.67 bits per heavy atom. The molecule has 3 rings (SSSR count). The largest absolute Gasteiger partial charge is 0.353 e. The van der Waals surface area contributed by atoms with Crippen LogP contribution in [-0.4, -0.2) is 34.2 Å². The minimum atomic E-state index is -0.112. The number of carbonyl (C=O) groups is 2. The predicted octanol–water partition coefficient (Wildman–Crippen LogP) is 1.87. The summed E-state index contributed by atoms with van der Waals surface area (Å²) in [4.78, 5) is 24.5. The van der Waals surface area contributed by atoms with Crippen molar-refractivity contribution in [3.8, 4) is 0 Å². The van der Waals surface area contributed by atoms with Crippen LogP contribution >= 0.6 is 0 Å². The molecular weight excluding hydrogens is 304 g/mol. The van der Waals surface area contributed by atoms with Gasteiger partial charge in [-0.2, -0.15) is 5.10 Å². The van der Waals surface area contributed by atoms with Crippen LogP contribution in [0.15, 0.2) is 0 Å². The molecule has 0 unspecified atom stereocenters. The topological polar surface area (TPSA) is 76.0 Å². The molecule has 0 aliphatic heterocycles. The first kappa shape index (κ1) is 17.0. The van der Waals surface area contributed by atoms with Crippen LogP contribution in [0.2, 0.25) is 0 Å². The number of aromatic nitrogens is 2. The summed E-state index contributed by atoms with van der Waals surface area (Å²) in [7, 11) is 1.82. The normalized spacial score (nSPS) is 18.0. The number of rotatable bonds is 5. The summed E-state index contributed by atoms with van der Waals surface area (Å²) in [5.74, 6) is -0.0761. The van der Waals surface area contributed by atoms with Crippen molar-refractivity contribution in [2.45, 2.75) is 70.3 Å². The summed E-state index contributed by atoms with van der Waals surface area (Å²) in [5.41, 5.74) is 2.81. The van der Waals surface area contributed by atoms with E-state index in [1.165, 1.54) is 19.3 Å². The number of hydrogen-bond acceptors (Lipinski definition) is 3. The molecule has 2 N–H and O–H groups in total. The van der Waals surface area contributed by atoms with Gasteiger partial charge in [-0.3, -0.25) is 14.3 Å². The van der Waals surface area contributed by atoms with E-state index in [9.17, 15) is 9.59 Å². The highest BCUT2D eigenvalue weighted by Gasteiger charge is 2.23. The van der Waals surface area contributed by atoms with Crippen molar-refractivity contribution in [1.29, 1.82) is 0 Å². The van der Waals surface area contributed by atoms with Crippen LogP contribution in [0.4, 0.5) is 0 Å². The van der Waals surface area contributed by atoms with E-state index in [1.54, 1.807) is 4.68 Å². The lowest BCUT2D eigenvalue weighted by atomic mass is 9.95. The smallest absolute Gasteiger partial charge is 0.269 e. The molecule has 0 saturated heterocycles. The van der Waals surface area contributed by atoms with Gasteiger partial charge in [0.2, 0.25) is 5.91 Å². The maximum atomic E-state index is 12.5. The average Bonchev–Trinajstić information content (AvgIpc) is 2.91. The first-order valence-electron chi connectivity index (χ1n) is 9.27. The molecule has 1 aromatic heterocycles. The van der Waals surface area contributed by atoms with Crippen molar-refractivity contribution in [2.75, 3.05) is 6.54 Å². The van der Waals surface area contributed by atoms with Gasteiger partial charge in [-0.15, -0.1) is 0 Å². The minimum Gasteiger partial charge on any atom is -0.353 e. The molecule has 1 fully saturated rings. The van der Waals surface area contributed by atoms with Crippen LogP contribution in [0.5, 0.6) is 0 Å². The van der Waals surface area contributed by atoms with E-state index in [1.807, 2.05) is 7.05 Å². The number of carbonyl (C=O) groups excluding carboxylic acids is 2. The summed E-state index contributed by atoms with van der Waals surface area (Å²) in [6.45, 7) is 0.372. The zero-order valence-corrected chi connectivity index (χ0v) is 14.6. The predicted molar refractivity (Wildman–Crippen MR) is 91.8 cm³/mol. The van der Waals surface area contributed by atoms with Crippen molar-refractivity contribution in [3.05, 3.63) is 17.0 Å². The van der Waals surface area contributed by atoms with Gasteiger partial charge < -0.3 is 10.6 Å². The van der Waals surface area contributed by atoms with Crippen LogP contribution < -0.4 is 10.6 Å². The second kappa shape index (κ2) is 7.81. The zero-order valence-electron chi connectivity index (χ0n) is 14.6. The molecule has 1 heterocycles. The Morgan fingerprint density at radius 1 is 1.12 bits per heavy atom. The van der Waals surface area contributed by atoms with E-state index in [-0.39, 0.29) is 11.8 Å². The van der Waals surface area contributed by atoms with Gasteiger partial charge in [0.15, 0.2) is 0 Å². The van der Waals surface area contributed by atoms with E-state index in [0.717, 1.165) is 49.8 Å². The first-order valence-corrected chi connectivity index (χ1v) is 9.27. The second-order valence-corrected chi connectivity index (χ2v) is 7.01. The third-order valence-electron chi connectivity index (χ3n) is 5.14. The summed E-state index contributed by atoms with van der Waals surface area (Å²) in [5, 5.41) is 10.4. The molecular formula is C18H28N4O2. The fourth-order valence-corrected chi connectivity index (χ4v) is 3.89. The van der Waals surface area contributed by atoms with Gasteiger partial charge in [0.25, 0.3) is 5.91 Å². The maximum Gasteiger partial charge on any atom is 0.269 e. The quantitative estimate of drug-likeness (QED) is 0.864. The molecule has 24 heavy (non-hydrogen) atoms. The average molecular weight is 332 g/mol. The number of nitrogens with zero attached hydrogens (tertiary/aromatic N) is 2. The van der Waals surface area contributed by atoms with Crippen LogP contribution in [0.1, 0.15) is 73.1 Å². The van der Waals surface area contributed by atoms with Crippen LogP contribution in [-0.2, 0) is 24.7 Å². The Balaban J connectivity index is 1.47. The van der Waals surface area contributed by atoms with Crippen LogP contribution in [0.3, 0.4) is 0 Å². The van der Waals surface area contributed by atoms with Gasteiger partial charge >= 0.3 is 0 Å². The molecule has 0 atom stereocenters. The molecule has 2 aliphatic rings. The van der Waals surface area contributed by atoms with Crippen LogP contribution in [0, 0.1) is 0 Å². The molecule has 0 radical (unpaired) electrons. The Kier molecular flexibility index (Phi) is 5.53. The molecule has 0 aromatic carbocycles. The van der Waals surface area contributed by atoms with E-state index < -0.39 is 0 Å². The third kappa shape index (κ3) is 3.97. The lowest BCUT2D eigenvalue weighted by Gasteiger charge is -2.22. The standard InChI is InChI=1S/C18H28N4O2/c1-22-17(14-9-5-6-10-15(14)21-22)18(24)19-12-11-16(23)20-13-7-3-2-4-8-13/h13H,2-12H2,1H3,(H,19,24)(H,20,23). The zero-order chi connectivity index (χ0) is 16.9. The first-order chi connectivity index (χ1) is 11.6. The molecule has 1 saturated carbocycles. The van der Waals surface area contributed by atoms with E-state index in [2.05, 4.69) is 15.7 Å². The van der Waals surface area contributed by atoms with Gasteiger partial charge in [-0.1, -0.05) is 19.3 Å². The summed E-state index contributed by atoms with van der Waals surface area (Å²) in [6.07, 6.45) is 10.3. The summed E-state index contributed by atoms with van der Waals surface area (Å²) in [6, 6.07) is 0.325. The Labute approximate surface area is 143 Å². The van der Waals surface area contributed by atoms with Gasteiger partial charge in [0.05, 0.1) is 5.69 Å². The van der Waals surface area contributed by atoms with Gasteiger partial charge in [0, 0.05) is 31.6 Å². The highest BCUT2D eigenvalue weighted by atomic mass is 16.2. The molecule has 1 aromatic rings. The van der Waals surface area contributed by atoms with Gasteiger partial charge in [0.1, 0.15) is 5.69 Å². The van der Waals surface area contributed by atoms with Crippen molar-refractivity contribution >= 4 is 11.8 Å². The van der Waals surface area contributed by atoms with E-state index in [4.69, 9.17) is 0 Å². The summed E-state index contributed by atoms with van der Waals surface area (Å²) >= 11 is 0. The monoisotopic (exact) mass is 332 g/mol. The SMILES string of the molecule is Cn1nc2c(c1C(=O)NCCC(=O)NC1CCCCC1)CCCC2. The highest BCUT2D eigenvalue weighted by Crippen LogP contribution is 2.23. The van der Waals surface area contributed by atoms with Crippen LogP contribution in [0.25, 0.3) is 0 Å². The lowest BCUT2D eigenvalue weighted by Crippen LogP contribution is -2.38. The molecule has 0 bridgehead atoms. The minimum absolute atomic E-state index is 0.0363. The Bertz CT molecular complexity index is 602.